The van der Waals surface area contributed by atoms with Gasteiger partial charge in [-0.05, 0) is 23.8 Å². The number of hydrogen-bond acceptors (Lipinski definition) is 1. The Morgan fingerprint density at radius 3 is 2.40 bits per heavy atom. The highest BCUT2D eigenvalue weighted by atomic mass is 14.7. The second kappa shape index (κ2) is 5.46. The number of hydrogen-bond donors (Lipinski definition) is 0. The van der Waals surface area contributed by atoms with Gasteiger partial charge in [0.05, 0.1) is 5.69 Å². The van der Waals surface area contributed by atoms with E-state index in [1.165, 1.54) is 22.0 Å². The molecule has 0 radical (unpaired) electrons. The minimum atomic E-state index is 0.488. The molecule has 1 atom stereocenters. The summed E-state index contributed by atoms with van der Waals surface area (Å²) in [7, 11) is 0. The average Bonchev–Trinajstić information content (AvgIpc) is 2.54. The summed E-state index contributed by atoms with van der Waals surface area (Å²) in [5.41, 5.74) is 3.47. The smallest absolute Gasteiger partial charge is 0.0783 e. The van der Waals surface area contributed by atoms with Gasteiger partial charge in [-0.25, -0.2) is 0 Å². The van der Waals surface area contributed by atoms with Gasteiger partial charge in [0.2, 0.25) is 0 Å². The van der Waals surface area contributed by atoms with Gasteiger partial charge in [-0.2, -0.15) is 0 Å². The van der Waals surface area contributed by atoms with Gasteiger partial charge in [0.25, 0.3) is 0 Å². The predicted octanol–water partition coefficient (Wildman–Crippen LogP) is 5.42. The molecule has 0 amide bonds. The monoisotopic (exact) mass is 261 g/mol. The van der Waals surface area contributed by atoms with Crippen LogP contribution in [-0.2, 0) is 0 Å². The van der Waals surface area contributed by atoms with Crippen LogP contribution in [0.2, 0.25) is 0 Å². The molecule has 0 N–H and O–H groups in total. The highest BCUT2D eigenvalue weighted by molar-refractivity contribution is 5.94. The van der Waals surface area contributed by atoms with E-state index in [-0.39, 0.29) is 0 Å². The number of fused-ring (bicyclic) bond motifs is 1. The molecule has 0 saturated carbocycles. The molecule has 1 unspecified atom stereocenters. The molecular weight excluding hydrogens is 242 g/mol. The van der Waals surface area contributed by atoms with Gasteiger partial charge in [-0.15, -0.1) is 0 Å². The largest absolute Gasteiger partial charge is 0.252 e. The van der Waals surface area contributed by atoms with Crippen molar-refractivity contribution in [1.29, 1.82) is 0 Å². The van der Waals surface area contributed by atoms with Crippen molar-refractivity contribution >= 4 is 10.8 Å². The summed E-state index contributed by atoms with van der Waals surface area (Å²) < 4.78 is 0. The first kappa shape index (κ1) is 12.9. The lowest BCUT2D eigenvalue weighted by Crippen LogP contribution is -1.98. The Morgan fingerprint density at radius 2 is 1.65 bits per heavy atom. The van der Waals surface area contributed by atoms with Crippen LogP contribution in [-0.4, -0.2) is 4.98 Å². The van der Waals surface area contributed by atoms with Crippen molar-refractivity contribution < 1.29 is 0 Å². The van der Waals surface area contributed by atoms with E-state index < -0.39 is 0 Å². The van der Waals surface area contributed by atoms with Crippen LogP contribution in [0.15, 0.2) is 60.7 Å². The third kappa shape index (κ3) is 2.32. The highest BCUT2D eigenvalue weighted by Crippen LogP contribution is 2.30. The quantitative estimate of drug-likeness (QED) is 0.614. The summed E-state index contributed by atoms with van der Waals surface area (Å²) in [6.45, 7) is 4.45. The van der Waals surface area contributed by atoms with E-state index in [4.69, 9.17) is 4.98 Å². The summed E-state index contributed by atoms with van der Waals surface area (Å²) in [6.07, 6.45) is 1.11. The fourth-order valence-corrected chi connectivity index (χ4v) is 2.50. The van der Waals surface area contributed by atoms with E-state index in [1.807, 2.05) is 6.07 Å². The van der Waals surface area contributed by atoms with E-state index in [0.29, 0.717) is 5.92 Å². The molecule has 1 aromatic heterocycles. The van der Waals surface area contributed by atoms with Crippen LogP contribution in [0.1, 0.15) is 31.9 Å². The SMILES string of the molecule is CCC(C)c1cc2ccccc2c(-c2ccccc2)n1. The molecule has 0 saturated heterocycles. The highest BCUT2D eigenvalue weighted by Gasteiger charge is 2.11. The van der Waals surface area contributed by atoms with E-state index in [0.717, 1.165) is 12.1 Å². The van der Waals surface area contributed by atoms with Gasteiger partial charge in [0.1, 0.15) is 0 Å². The number of nitrogens with zero attached hydrogens (tertiary/aromatic N) is 1. The first-order valence-electron chi connectivity index (χ1n) is 7.24. The van der Waals surface area contributed by atoms with Gasteiger partial charge >= 0.3 is 0 Å². The molecule has 3 aromatic rings. The first-order valence-corrected chi connectivity index (χ1v) is 7.24. The maximum Gasteiger partial charge on any atom is 0.0783 e. The standard InChI is InChI=1S/C19H19N/c1-3-14(2)18-13-16-11-7-8-12-17(16)19(20-18)15-9-5-4-6-10-15/h4-14H,3H2,1-2H3. The average molecular weight is 261 g/mol. The Balaban J connectivity index is 2.28. The summed E-state index contributed by atoms with van der Waals surface area (Å²) in [5.74, 6) is 0.488. The topological polar surface area (TPSA) is 12.9 Å². The number of aromatic nitrogens is 1. The molecule has 20 heavy (non-hydrogen) atoms. The van der Waals surface area contributed by atoms with Gasteiger partial charge in [-0.1, -0.05) is 68.4 Å². The molecular formula is C19H19N. The van der Waals surface area contributed by atoms with Crippen molar-refractivity contribution in [2.45, 2.75) is 26.2 Å². The van der Waals surface area contributed by atoms with Gasteiger partial charge in [-0.3, -0.25) is 4.98 Å². The molecule has 1 heterocycles. The Bertz CT molecular complexity index is 716. The van der Waals surface area contributed by atoms with E-state index in [2.05, 4.69) is 68.4 Å². The van der Waals surface area contributed by atoms with Crippen molar-refractivity contribution in [3.8, 4) is 11.3 Å². The normalized spacial score (nSPS) is 12.5. The summed E-state index contributed by atoms with van der Waals surface area (Å²) in [6, 6.07) is 21.2. The predicted molar refractivity (Wildman–Crippen MR) is 85.9 cm³/mol. The third-order valence-corrected chi connectivity index (χ3v) is 3.92. The van der Waals surface area contributed by atoms with Crippen LogP contribution in [0.4, 0.5) is 0 Å². The molecule has 0 aliphatic heterocycles. The number of rotatable bonds is 3. The van der Waals surface area contributed by atoms with Crippen LogP contribution in [0.3, 0.4) is 0 Å². The molecule has 0 aliphatic carbocycles. The summed E-state index contributed by atoms with van der Waals surface area (Å²) in [4.78, 5) is 4.94. The van der Waals surface area contributed by atoms with Crippen molar-refractivity contribution in [3.63, 3.8) is 0 Å². The number of benzene rings is 2. The molecule has 2 aromatic carbocycles. The van der Waals surface area contributed by atoms with Gasteiger partial charge < -0.3 is 0 Å². The Hall–Kier alpha value is -2.15. The zero-order valence-electron chi connectivity index (χ0n) is 12.0. The molecule has 1 nitrogen and oxygen atoms in total. The zero-order chi connectivity index (χ0) is 13.9. The molecule has 3 rings (SSSR count). The van der Waals surface area contributed by atoms with Crippen LogP contribution < -0.4 is 0 Å². The molecule has 0 bridgehead atoms. The Morgan fingerprint density at radius 1 is 0.950 bits per heavy atom. The van der Waals surface area contributed by atoms with Crippen LogP contribution >= 0.6 is 0 Å². The lowest BCUT2D eigenvalue weighted by atomic mass is 9.98. The summed E-state index contributed by atoms with van der Waals surface area (Å²) >= 11 is 0. The second-order valence-corrected chi connectivity index (χ2v) is 5.29. The lowest BCUT2D eigenvalue weighted by molar-refractivity contribution is 0.711. The van der Waals surface area contributed by atoms with Gasteiger partial charge in [0, 0.05) is 16.6 Å². The number of pyridine rings is 1. The third-order valence-electron chi connectivity index (χ3n) is 3.92. The fraction of sp³-hybridized carbons (Fsp3) is 0.211. The maximum atomic E-state index is 4.94. The Labute approximate surface area is 120 Å². The second-order valence-electron chi connectivity index (χ2n) is 5.29. The molecule has 0 spiro atoms. The minimum absolute atomic E-state index is 0.488. The zero-order valence-corrected chi connectivity index (χ0v) is 12.0. The van der Waals surface area contributed by atoms with Crippen molar-refractivity contribution in [2.75, 3.05) is 0 Å². The van der Waals surface area contributed by atoms with E-state index >= 15 is 0 Å². The van der Waals surface area contributed by atoms with Crippen molar-refractivity contribution in [2.24, 2.45) is 0 Å². The Kier molecular flexibility index (Phi) is 3.51. The van der Waals surface area contributed by atoms with Crippen LogP contribution in [0.25, 0.3) is 22.0 Å². The van der Waals surface area contributed by atoms with Crippen LogP contribution in [0.5, 0.6) is 0 Å². The molecule has 1 heteroatoms. The van der Waals surface area contributed by atoms with Gasteiger partial charge in [0.15, 0.2) is 0 Å². The van der Waals surface area contributed by atoms with Crippen LogP contribution in [0, 0.1) is 0 Å². The lowest BCUT2D eigenvalue weighted by Gasteiger charge is -2.13. The molecule has 100 valence electrons. The van der Waals surface area contributed by atoms with Crippen molar-refractivity contribution in [3.05, 3.63) is 66.4 Å². The van der Waals surface area contributed by atoms with E-state index in [9.17, 15) is 0 Å². The summed E-state index contributed by atoms with van der Waals surface area (Å²) in [5, 5.41) is 2.50. The maximum absolute atomic E-state index is 4.94. The first-order chi connectivity index (χ1) is 9.79. The minimum Gasteiger partial charge on any atom is -0.252 e. The molecule has 0 aliphatic rings. The fourth-order valence-electron chi connectivity index (χ4n) is 2.50. The van der Waals surface area contributed by atoms with Crippen molar-refractivity contribution in [1.82, 2.24) is 4.98 Å². The van der Waals surface area contributed by atoms with E-state index in [1.54, 1.807) is 0 Å². The molecule has 0 fully saturated rings.